The first-order valence-corrected chi connectivity index (χ1v) is 9.51. The van der Waals surface area contributed by atoms with Crippen LogP contribution in [0.15, 0.2) is 53.4 Å². The molecule has 9 heteroatoms. The molecule has 0 aliphatic carbocycles. The van der Waals surface area contributed by atoms with Crippen LogP contribution in [0.25, 0.3) is 6.08 Å². The number of nitrogens with one attached hydrogen (secondary N) is 1. The second-order valence-electron chi connectivity index (χ2n) is 6.31. The van der Waals surface area contributed by atoms with Gasteiger partial charge < -0.3 is 5.32 Å². The molecule has 3 amide bonds. The first-order chi connectivity index (χ1) is 13.8. The second-order valence-corrected chi connectivity index (χ2v) is 7.30. The number of nitro groups is 1. The molecule has 0 atom stereocenters. The highest BCUT2D eigenvalue weighted by Crippen LogP contribution is 2.31. The number of aryl methyl sites for hydroxylation is 1. The number of hydrogen-bond donors (Lipinski definition) is 1. The number of carbonyl (C=O) groups is 3. The zero-order valence-corrected chi connectivity index (χ0v) is 16.3. The van der Waals surface area contributed by atoms with E-state index >= 15 is 0 Å². The Morgan fingerprint density at radius 2 is 1.93 bits per heavy atom. The smallest absolute Gasteiger partial charge is 0.293 e. The fraction of sp³-hybridized carbons (Fsp3) is 0.150. The van der Waals surface area contributed by atoms with E-state index in [1.807, 2.05) is 31.2 Å². The number of nitrogens with zero attached hydrogens (tertiary/aromatic N) is 2. The van der Waals surface area contributed by atoms with Gasteiger partial charge in [-0.2, -0.15) is 0 Å². The highest BCUT2D eigenvalue weighted by atomic mass is 32.2. The molecular formula is C20H17N3O5S. The van der Waals surface area contributed by atoms with Crippen LogP contribution in [-0.2, 0) is 4.79 Å². The molecule has 0 unspecified atom stereocenters. The van der Waals surface area contributed by atoms with Crippen LogP contribution in [0, 0.1) is 17.0 Å². The third-order valence-electron chi connectivity index (χ3n) is 4.19. The maximum atomic E-state index is 12.5. The van der Waals surface area contributed by atoms with Crippen LogP contribution in [0.2, 0.25) is 0 Å². The van der Waals surface area contributed by atoms with Crippen molar-refractivity contribution in [2.24, 2.45) is 0 Å². The van der Waals surface area contributed by atoms with Gasteiger partial charge in [-0.05, 0) is 36.4 Å². The molecule has 0 aromatic heterocycles. The minimum Gasteiger partial charge on any atom is -0.350 e. The molecule has 1 aliphatic rings. The molecule has 148 valence electrons. The van der Waals surface area contributed by atoms with Crippen molar-refractivity contribution >= 4 is 40.6 Å². The zero-order chi connectivity index (χ0) is 21.0. The minimum absolute atomic E-state index is 0.0105. The van der Waals surface area contributed by atoms with Crippen molar-refractivity contribution in [2.45, 2.75) is 6.92 Å². The Hall–Kier alpha value is -3.46. The van der Waals surface area contributed by atoms with Crippen molar-refractivity contribution in [3.05, 3.63) is 80.2 Å². The molecule has 8 nitrogen and oxygen atoms in total. The van der Waals surface area contributed by atoms with Gasteiger partial charge in [0.25, 0.3) is 22.7 Å². The van der Waals surface area contributed by atoms with Crippen molar-refractivity contribution in [3.63, 3.8) is 0 Å². The summed E-state index contributed by atoms with van der Waals surface area (Å²) in [7, 11) is 0. The SMILES string of the molecule is Cc1ccc(/C=C2/SC(=O)N(CCNC(=O)c3cccc([N+](=O)[O-])c3)C2=O)cc1. The van der Waals surface area contributed by atoms with E-state index in [2.05, 4.69) is 5.32 Å². The predicted octanol–water partition coefficient (Wildman–Crippen LogP) is 3.37. The van der Waals surface area contributed by atoms with Gasteiger partial charge in [0.2, 0.25) is 0 Å². The number of hydrogen-bond acceptors (Lipinski definition) is 6. The van der Waals surface area contributed by atoms with Crippen LogP contribution < -0.4 is 5.32 Å². The number of benzene rings is 2. The van der Waals surface area contributed by atoms with Crippen molar-refractivity contribution in [2.75, 3.05) is 13.1 Å². The first kappa shape index (κ1) is 20.3. The van der Waals surface area contributed by atoms with E-state index in [4.69, 9.17) is 0 Å². The van der Waals surface area contributed by atoms with Crippen molar-refractivity contribution < 1.29 is 19.3 Å². The van der Waals surface area contributed by atoms with Gasteiger partial charge in [-0.1, -0.05) is 35.9 Å². The maximum Gasteiger partial charge on any atom is 0.293 e. The summed E-state index contributed by atoms with van der Waals surface area (Å²) in [5.74, 6) is -0.930. The number of carbonyl (C=O) groups excluding carboxylic acids is 3. The molecule has 0 spiro atoms. The summed E-state index contributed by atoms with van der Waals surface area (Å²) in [6, 6.07) is 12.9. The zero-order valence-electron chi connectivity index (χ0n) is 15.5. The maximum absolute atomic E-state index is 12.5. The lowest BCUT2D eigenvalue weighted by molar-refractivity contribution is -0.384. The molecule has 0 bridgehead atoms. The lowest BCUT2D eigenvalue weighted by Crippen LogP contribution is -2.37. The van der Waals surface area contributed by atoms with Crippen molar-refractivity contribution in [1.82, 2.24) is 10.2 Å². The molecule has 1 N–H and O–H groups in total. The van der Waals surface area contributed by atoms with E-state index in [1.165, 1.54) is 24.3 Å². The van der Waals surface area contributed by atoms with Crippen LogP contribution in [0.1, 0.15) is 21.5 Å². The van der Waals surface area contributed by atoms with Crippen LogP contribution >= 0.6 is 11.8 Å². The van der Waals surface area contributed by atoms with E-state index in [0.29, 0.717) is 4.91 Å². The highest BCUT2D eigenvalue weighted by molar-refractivity contribution is 8.18. The van der Waals surface area contributed by atoms with E-state index in [-0.39, 0.29) is 24.3 Å². The Labute approximate surface area is 170 Å². The van der Waals surface area contributed by atoms with Gasteiger partial charge in [-0.25, -0.2) is 0 Å². The topological polar surface area (TPSA) is 110 Å². The van der Waals surface area contributed by atoms with Crippen LogP contribution in [-0.4, -0.2) is 40.0 Å². The summed E-state index contributed by atoms with van der Waals surface area (Å²) in [5, 5.41) is 13.0. The van der Waals surface area contributed by atoms with Crippen molar-refractivity contribution in [3.8, 4) is 0 Å². The minimum atomic E-state index is -0.586. The quantitative estimate of drug-likeness (QED) is 0.443. The lowest BCUT2D eigenvalue weighted by atomic mass is 10.1. The van der Waals surface area contributed by atoms with Crippen LogP contribution in [0.4, 0.5) is 10.5 Å². The number of nitro benzene ring substituents is 1. The molecular weight excluding hydrogens is 394 g/mol. The summed E-state index contributed by atoms with van der Waals surface area (Å²) in [4.78, 5) is 48.4. The Morgan fingerprint density at radius 1 is 1.21 bits per heavy atom. The molecule has 2 aromatic rings. The fourth-order valence-corrected chi connectivity index (χ4v) is 3.52. The monoisotopic (exact) mass is 411 g/mol. The summed E-state index contributed by atoms with van der Waals surface area (Å²) < 4.78 is 0. The van der Waals surface area contributed by atoms with Gasteiger partial charge in [0.1, 0.15) is 0 Å². The first-order valence-electron chi connectivity index (χ1n) is 8.70. The summed E-state index contributed by atoms with van der Waals surface area (Å²) in [6.45, 7) is 2.01. The van der Waals surface area contributed by atoms with E-state index in [0.717, 1.165) is 27.8 Å². The number of amides is 3. The predicted molar refractivity (Wildman–Crippen MR) is 109 cm³/mol. The Morgan fingerprint density at radius 3 is 2.62 bits per heavy atom. The average molecular weight is 411 g/mol. The van der Waals surface area contributed by atoms with E-state index in [1.54, 1.807) is 6.08 Å². The standard InChI is InChI=1S/C20H17N3O5S/c1-13-5-7-14(8-6-13)11-17-19(25)22(20(26)29-17)10-9-21-18(24)15-3-2-4-16(12-15)23(27)28/h2-8,11-12H,9-10H2,1H3,(H,21,24)/b17-11+. The number of rotatable bonds is 6. The average Bonchev–Trinajstić information content (AvgIpc) is 2.97. The summed E-state index contributed by atoms with van der Waals surface area (Å²) in [6.07, 6.45) is 1.66. The second kappa shape index (κ2) is 8.70. The molecule has 29 heavy (non-hydrogen) atoms. The normalized spacial score (nSPS) is 15.1. The Kier molecular flexibility index (Phi) is 6.08. The molecule has 1 fully saturated rings. The summed E-state index contributed by atoms with van der Waals surface area (Å²) >= 11 is 0.852. The third kappa shape index (κ3) is 4.88. The number of non-ortho nitro benzene ring substituents is 1. The third-order valence-corrected chi connectivity index (χ3v) is 5.10. The van der Waals surface area contributed by atoms with Gasteiger partial charge in [0.05, 0.1) is 9.83 Å². The van der Waals surface area contributed by atoms with Gasteiger partial charge in [-0.15, -0.1) is 0 Å². The fourth-order valence-electron chi connectivity index (χ4n) is 2.65. The molecule has 2 aromatic carbocycles. The Bertz CT molecular complexity index is 1020. The molecule has 0 saturated carbocycles. The lowest BCUT2D eigenvalue weighted by Gasteiger charge is -2.13. The van der Waals surface area contributed by atoms with Gasteiger partial charge in [0, 0.05) is 30.8 Å². The van der Waals surface area contributed by atoms with Gasteiger partial charge in [0.15, 0.2) is 0 Å². The molecule has 3 rings (SSSR count). The number of thioether (sulfide) groups is 1. The van der Waals surface area contributed by atoms with Crippen LogP contribution in [0.5, 0.6) is 0 Å². The highest BCUT2D eigenvalue weighted by Gasteiger charge is 2.34. The molecule has 1 saturated heterocycles. The number of imide groups is 1. The van der Waals surface area contributed by atoms with E-state index in [9.17, 15) is 24.5 Å². The van der Waals surface area contributed by atoms with Crippen molar-refractivity contribution in [1.29, 1.82) is 0 Å². The largest absolute Gasteiger partial charge is 0.350 e. The van der Waals surface area contributed by atoms with Gasteiger partial charge >= 0.3 is 0 Å². The van der Waals surface area contributed by atoms with Crippen LogP contribution in [0.3, 0.4) is 0 Å². The summed E-state index contributed by atoms with van der Waals surface area (Å²) in [5.41, 5.74) is 1.85. The molecule has 1 aliphatic heterocycles. The molecule has 0 radical (unpaired) electrons. The Balaban J connectivity index is 1.59. The van der Waals surface area contributed by atoms with E-state index < -0.39 is 22.0 Å². The molecule has 1 heterocycles. The van der Waals surface area contributed by atoms with Gasteiger partial charge in [-0.3, -0.25) is 29.4 Å².